The van der Waals surface area contributed by atoms with Crippen LogP contribution in [0.5, 0.6) is 0 Å². The molecule has 1 saturated carbocycles. The molecular formula is C16H24N4S. The maximum Gasteiger partial charge on any atom is 0.195 e. The summed E-state index contributed by atoms with van der Waals surface area (Å²) in [5, 5.41) is 2.12. The molecule has 2 N–H and O–H groups in total. The van der Waals surface area contributed by atoms with E-state index >= 15 is 0 Å². The minimum Gasteiger partial charge on any atom is -0.354 e. The van der Waals surface area contributed by atoms with Gasteiger partial charge in [-0.2, -0.15) is 0 Å². The highest BCUT2D eigenvalue weighted by Crippen LogP contribution is 2.40. The molecule has 4 nitrogen and oxygen atoms in total. The molecule has 2 aromatic heterocycles. The Morgan fingerprint density at radius 2 is 2.14 bits per heavy atom. The molecule has 4 rings (SSSR count). The van der Waals surface area contributed by atoms with Crippen LogP contribution in [-0.4, -0.2) is 28.5 Å². The number of aromatic nitrogens is 2. The van der Waals surface area contributed by atoms with E-state index in [4.69, 9.17) is 10.7 Å². The van der Waals surface area contributed by atoms with Gasteiger partial charge in [0.15, 0.2) is 10.8 Å². The van der Waals surface area contributed by atoms with E-state index in [9.17, 15) is 0 Å². The maximum atomic E-state index is 6.23. The smallest absolute Gasteiger partial charge is 0.195 e. The van der Waals surface area contributed by atoms with Crippen LogP contribution in [0, 0.1) is 11.8 Å². The lowest BCUT2D eigenvalue weighted by Crippen LogP contribution is -2.26. The molecular weight excluding hydrogens is 280 g/mol. The Balaban J connectivity index is 1.67. The fourth-order valence-corrected chi connectivity index (χ4v) is 4.79. The minimum absolute atomic E-state index is 0.227. The number of fused-ring (bicyclic) bond motifs is 2. The number of rotatable bonds is 4. The fourth-order valence-electron chi connectivity index (χ4n) is 4.06. The highest BCUT2D eigenvalue weighted by molar-refractivity contribution is 7.15. The van der Waals surface area contributed by atoms with Gasteiger partial charge in [0, 0.05) is 37.1 Å². The largest absolute Gasteiger partial charge is 0.354 e. The van der Waals surface area contributed by atoms with Crippen molar-refractivity contribution in [1.29, 1.82) is 0 Å². The third-order valence-electron chi connectivity index (χ3n) is 5.35. The summed E-state index contributed by atoms with van der Waals surface area (Å²) in [5.41, 5.74) is 7.55. The van der Waals surface area contributed by atoms with Crippen LogP contribution in [0.15, 0.2) is 11.6 Å². The van der Waals surface area contributed by atoms with Gasteiger partial charge in [0.1, 0.15) is 0 Å². The third-order valence-corrected chi connectivity index (χ3v) is 6.10. The molecule has 0 bridgehead atoms. The zero-order valence-corrected chi connectivity index (χ0v) is 13.5. The third kappa shape index (κ3) is 2.27. The van der Waals surface area contributed by atoms with Gasteiger partial charge in [-0.15, -0.1) is 11.3 Å². The van der Waals surface area contributed by atoms with Gasteiger partial charge < -0.3 is 10.6 Å². The van der Waals surface area contributed by atoms with Crippen LogP contribution in [0.2, 0.25) is 0 Å². The van der Waals surface area contributed by atoms with E-state index < -0.39 is 0 Å². The molecule has 3 atom stereocenters. The van der Waals surface area contributed by atoms with E-state index in [2.05, 4.69) is 27.8 Å². The normalized spacial score (nSPS) is 26.7. The molecule has 3 heterocycles. The zero-order chi connectivity index (χ0) is 14.4. The number of nitrogens with zero attached hydrogens (tertiary/aromatic N) is 3. The average Bonchev–Trinajstić information content (AvgIpc) is 3.17. The van der Waals surface area contributed by atoms with Gasteiger partial charge in [0.05, 0.1) is 5.69 Å². The number of thiazole rings is 1. The lowest BCUT2D eigenvalue weighted by Gasteiger charge is -2.19. The summed E-state index contributed by atoms with van der Waals surface area (Å²) < 4.78 is 2.25. The van der Waals surface area contributed by atoms with Crippen molar-refractivity contribution < 1.29 is 0 Å². The number of nitrogens with two attached hydrogens (primary N) is 1. The van der Waals surface area contributed by atoms with Crippen LogP contribution in [0.1, 0.15) is 38.3 Å². The van der Waals surface area contributed by atoms with Crippen molar-refractivity contribution in [1.82, 2.24) is 9.38 Å². The van der Waals surface area contributed by atoms with Crippen LogP contribution in [0.3, 0.4) is 0 Å². The van der Waals surface area contributed by atoms with Crippen LogP contribution >= 0.6 is 11.3 Å². The fraction of sp³-hybridized carbons (Fsp3) is 0.688. The summed E-state index contributed by atoms with van der Waals surface area (Å²) in [6.45, 7) is 4.56. The van der Waals surface area contributed by atoms with Gasteiger partial charge in [-0.3, -0.25) is 4.40 Å². The standard InChI is InChI=1S/C16H24N4S/c1-2-13(17)8-14-15(18-16-20(14)6-7-21-16)19-9-11-4-3-5-12(11)10-19/h6-7,11-13H,2-5,8-10,17H2,1H3. The maximum absolute atomic E-state index is 6.23. The van der Waals surface area contributed by atoms with E-state index in [1.165, 1.54) is 43.9 Å². The summed E-state index contributed by atoms with van der Waals surface area (Å²) in [7, 11) is 0. The Morgan fingerprint density at radius 3 is 2.86 bits per heavy atom. The minimum atomic E-state index is 0.227. The van der Waals surface area contributed by atoms with Crippen molar-refractivity contribution in [2.75, 3.05) is 18.0 Å². The predicted molar refractivity (Wildman–Crippen MR) is 88.1 cm³/mol. The first-order chi connectivity index (χ1) is 10.3. The van der Waals surface area contributed by atoms with E-state index in [0.29, 0.717) is 0 Å². The molecule has 0 radical (unpaired) electrons. The first kappa shape index (κ1) is 13.6. The van der Waals surface area contributed by atoms with Crippen molar-refractivity contribution in [3.05, 3.63) is 17.3 Å². The van der Waals surface area contributed by atoms with Crippen molar-refractivity contribution in [3.63, 3.8) is 0 Å². The molecule has 3 unspecified atom stereocenters. The van der Waals surface area contributed by atoms with Crippen molar-refractivity contribution in [2.45, 2.75) is 45.1 Å². The molecule has 0 spiro atoms. The Labute approximate surface area is 130 Å². The molecule has 1 aliphatic heterocycles. The highest BCUT2D eigenvalue weighted by atomic mass is 32.1. The SMILES string of the molecule is CCC(N)Cc1c(N2CC3CCCC3C2)nc2sccn12. The van der Waals surface area contributed by atoms with Crippen LogP contribution in [-0.2, 0) is 6.42 Å². The van der Waals surface area contributed by atoms with Gasteiger partial charge in [0.2, 0.25) is 0 Å². The van der Waals surface area contributed by atoms with Crippen molar-refractivity contribution >= 4 is 22.1 Å². The summed E-state index contributed by atoms with van der Waals surface area (Å²) >= 11 is 1.72. The topological polar surface area (TPSA) is 46.6 Å². The van der Waals surface area contributed by atoms with Gasteiger partial charge in [0.25, 0.3) is 0 Å². The first-order valence-corrected chi connectivity index (χ1v) is 9.09. The second kappa shape index (κ2) is 5.29. The Morgan fingerprint density at radius 1 is 1.38 bits per heavy atom. The average molecular weight is 304 g/mol. The summed E-state index contributed by atoms with van der Waals surface area (Å²) in [6.07, 6.45) is 8.33. The Hall–Kier alpha value is -1.07. The summed E-state index contributed by atoms with van der Waals surface area (Å²) in [6, 6.07) is 0.227. The van der Waals surface area contributed by atoms with Crippen LogP contribution < -0.4 is 10.6 Å². The second-order valence-electron chi connectivity index (χ2n) is 6.67. The van der Waals surface area contributed by atoms with Gasteiger partial charge in [-0.05, 0) is 31.1 Å². The number of hydrogen-bond acceptors (Lipinski definition) is 4. The molecule has 1 aliphatic carbocycles. The Kier molecular flexibility index (Phi) is 3.42. The van der Waals surface area contributed by atoms with Crippen LogP contribution in [0.4, 0.5) is 5.82 Å². The Bertz CT molecular complexity index is 619. The predicted octanol–water partition coefficient (Wildman–Crippen LogP) is 2.91. The molecule has 2 fully saturated rings. The molecule has 0 amide bonds. The number of hydrogen-bond donors (Lipinski definition) is 1. The van der Waals surface area contributed by atoms with Gasteiger partial charge in [-0.1, -0.05) is 13.3 Å². The van der Waals surface area contributed by atoms with E-state index in [0.717, 1.165) is 29.6 Å². The van der Waals surface area contributed by atoms with Crippen molar-refractivity contribution in [3.8, 4) is 0 Å². The summed E-state index contributed by atoms with van der Waals surface area (Å²) in [4.78, 5) is 8.57. The molecule has 114 valence electrons. The van der Waals surface area contributed by atoms with Crippen molar-refractivity contribution in [2.24, 2.45) is 17.6 Å². The molecule has 2 aromatic rings. The molecule has 0 aromatic carbocycles. The molecule has 1 saturated heterocycles. The van der Waals surface area contributed by atoms with Gasteiger partial charge in [-0.25, -0.2) is 4.98 Å². The van der Waals surface area contributed by atoms with E-state index in [1.54, 1.807) is 11.3 Å². The lowest BCUT2D eigenvalue weighted by atomic mass is 10.0. The van der Waals surface area contributed by atoms with Gasteiger partial charge >= 0.3 is 0 Å². The number of imidazole rings is 1. The highest BCUT2D eigenvalue weighted by Gasteiger charge is 2.38. The quantitative estimate of drug-likeness (QED) is 0.944. The second-order valence-corrected chi connectivity index (χ2v) is 7.54. The molecule has 21 heavy (non-hydrogen) atoms. The monoisotopic (exact) mass is 304 g/mol. The first-order valence-electron chi connectivity index (χ1n) is 8.21. The molecule has 5 heteroatoms. The lowest BCUT2D eigenvalue weighted by molar-refractivity contribution is 0.494. The summed E-state index contributed by atoms with van der Waals surface area (Å²) in [5.74, 6) is 3.01. The van der Waals surface area contributed by atoms with E-state index in [1.807, 2.05) is 0 Å². The number of anilines is 1. The zero-order valence-electron chi connectivity index (χ0n) is 12.7. The molecule has 2 aliphatic rings. The van der Waals surface area contributed by atoms with Crippen LogP contribution in [0.25, 0.3) is 4.96 Å². The van der Waals surface area contributed by atoms with E-state index in [-0.39, 0.29) is 6.04 Å².